The fourth-order valence-electron chi connectivity index (χ4n) is 1.64. The third-order valence-electron chi connectivity index (χ3n) is 2.51. The van der Waals surface area contributed by atoms with Gasteiger partial charge in [0.1, 0.15) is 5.76 Å². The summed E-state index contributed by atoms with van der Waals surface area (Å²) in [6, 6.07) is 0.251. The Kier molecular flexibility index (Phi) is 2.54. The van der Waals surface area contributed by atoms with Gasteiger partial charge in [-0.15, -0.1) is 0 Å². The Labute approximate surface area is 83.4 Å². The van der Waals surface area contributed by atoms with Crippen molar-refractivity contribution in [2.24, 2.45) is 0 Å². The second-order valence-electron chi connectivity index (χ2n) is 3.69. The molecule has 1 aliphatic rings. The maximum Gasteiger partial charge on any atom is 0.292 e. The molecule has 1 aromatic rings. The summed E-state index contributed by atoms with van der Waals surface area (Å²) in [5.74, 6) is 0.843. The summed E-state index contributed by atoms with van der Waals surface area (Å²) in [5, 5.41) is 0. The van der Waals surface area contributed by atoms with E-state index in [1.54, 1.807) is 6.20 Å². The van der Waals surface area contributed by atoms with Crippen molar-refractivity contribution in [2.45, 2.75) is 19.4 Å². The number of anilines is 1. The molecule has 76 valence electrons. The van der Waals surface area contributed by atoms with Gasteiger partial charge in [-0.3, -0.25) is 4.90 Å². The van der Waals surface area contributed by atoms with Crippen molar-refractivity contribution < 1.29 is 4.42 Å². The molecule has 0 aromatic carbocycles. The van der Waals surface area contributed by atoms with Gasteiger partial charge in [0.05, 0.1) is 12.7 Å². The zero-order chi connectivity index (χ0) is 9.97. The summed E-state index contributed by atoms with van der Waals surface area (Å²) in [5.41, 5.74) is 6.74. The van der Waals surface area contributed by atoms with Gasteiger partial charge in [-0.1, -0.05) is 12.2 Å². The van der Waals surface area contributed by atoms with Crippen molar-refractivity contribution in [3.63, 3.8) is 0 Å². The van der Waals surface area contributed by atoms with E-state index in [1.165, 1.54) is 5.57 Å². The van der Waals surface area contributed by atoms with E-state index in [-0.39, 0.29) is 6.01 Å². The molecule has 0 amide bonds. The SMILES string of the molecule is C=C1CCN(Cc2cnc(N)o2)CC1. The highest BCUT2D eigenvalue weighted by Crippen LogP contribution is 2.16. The molecular weight excluding hydrogens is 178 g/mol. The molecule has 4 heteroatoms. The number of nitrogens with two attached hydrogens (primary N) is 1. The monoisotopic (exact) mass is 193 g/mol. The Morgan fingerprint density at radius 1 is 1.50 bits per heavy atom. The minimum absolute atomic E-state index is 0.251. The Morgan fingerprint density at radius 3 is 2.79 bits per heavy atom. The fraction of sp³-hybridized carbons (Fsp3) is 0.500. The van der Waals surface area contributed by atoms with Crippen LogP contribution in [0.5, 0.6) is 0 Å². The van der Waals surface area contributed by atoms with Crippen LogP contribution in [0.25, 0.3) is 0 Å². The van der Waals surface area contributed by atoms with Crippen molar-refractivity contribution in [2.75, 3.05) is 18.8 Å². The molecule has 0 atom stereocenters. The molecule has 0 unspecified atom stereocenters. The highest BCUT2D eigenvalue weighted by atomic mass is 16.4. The standard InChI is InChI=1S/C10H15N3O/c1-8-2-4-13(5-3-8)7-9-6-12-10(11)14-9/h6H,1-5,7H2,(H2,11,12). The summed E-state index contributed by atoms with van der Waals surface area (Å²) >= 11 is 0. The van der Waals surface area contributed by atoms with Gasteiger partial charge in [0.15, 0.2) is 0 Å². The first-order valence-corrected chi connectivity index (χ1v) is 4.83. The van der Waals surface area contributed by atoms with Crippen LogP contribution in [0.2, 0.25) is 0 Å². The van der Waals surface area contributed by atoms with Gasteiger partial charge < -0.3 is 10.2 Å². The van der Waals surface area contributed by atoms with E-state index < -0.39 is 0 Å². The van der Waals surface area contributed by atoms with Crippen LogP contribution in [-0.2, 0) is 6.54 Å². The molecule has 4 nitrogen and oxygen atoms in total. The van der Waals surface area contributed by atoms with Crippen molar-refractivity contribution in [1.82, 2.24) is 9.88 Å². The quantitative estimate of drug-likeness (QED) is 0.721. The lowest BCUT2D eigenvalue weighted by Gasteiger charge is -2.26. The number of piperidine rings is 1. The molecule has 2 heterocycles. The number of nitrogens with zero attached hydrogens (tertiary/aromatic N) is 2. The third-order valence-corrected chi connectivity index (χ3v) is 2.51. The number of nitrogen functional groups attached to an aromatic ring is 1. The second-order valence-corrected chi connectivity index (χ2v) is 3.69. The zero-order valence-electron chi connectivity index (χ0n) is 8.20. The first kappa shape index (κ1) is 9.27. The molecule has 14 heavy (non-hydrogen) atoms. The van der Waals surface area contributed by atoms with Crippen molar-refractivity contribution in [1.29, 1.82) is 0 Å². The summed E-state index contributed by atoms with van der Waals surface area (Å²) in [6.45, 7) is 6.89. The van der Waals surface area contributed by atoms with Crippen molar-refractivity contribution >= 4 is 6.01 Å². The van der Waals surface area contributed by atoms with Gasteiger partial charge in [-0.25, -0.2) is 4.98 Å². The maximum atomic E-state index is 5.40. The van der Waals surface area contributed by atoms with Gasteiger partial charge >= 0.3 is 0 Å². The number of rotatable bonds is 2. The lowest BCUT2D eigenvalue weighted by atomic mass is 10.1. The number of hydrogen-bond donors (Lipinski definition) is 1. The largest absolute Gasteiger partial charge is 0.428 e. The Balaban J connectivity index is 1.89. The summed E-state index contributed by atoms with van der Waals surface area (Å²) in [7, 11) is 0. The van der Waals surface area contributed by atoms with E-state index in [0.29, 0.717) is 0 Å². The molecule has 1 aliphatic heterocycles. The molecule has 0 saturated carbocycles. The summed E-state index contributed by atoms with van der Waals surface area (Å²) in [4.78, 5) is 6.19. The lowest BCUT2D eigenvalue weighted by molar-refractivity contribution is 0.230. The second kappa shape index (κ2) is 3.84. The van der Waals surface area contributed by atoms with Crippen LogP contribution >= 0.6 is 0 Å². The minimum atomic E-state index is 0.251. The van der Waals surface area contributed by atoms with Crippen molar-refractivity contribution in [3.8, 4) is 0 Å². The van der Waals surface area contributed by atoms with E-state index in [2.05, 4.69) is 16.5 Å². The molecular formula is C10H15N3O. The van der Waals surface area contributed by atoms with Crippen LogP contribution in [0.15, 0.2) is 22.8 Å². The highest BCUT2D eigenvalue weighted by Gasteiger charge is 2.14. The van der Waals surface area contributed by atoms with Crippen LogP contribution in [0.3, 0.4) is 0 Å². The van der Waals surface area contributed by atoms with E-state index in [0.717, 1.165) is 38.2 Å². The Hall–Kier alpha value is -1.29. The highest BCUT2D eigenvalue weighted by molar-refractivity contribution is 5.11. The third kappa shape index (κ3) is 2.14. The molecule has 1 saturated heterocycles. The normalized spacial score (nSPS) is 18.7. The van der Waals surface area contributed by atoms with Gasteiger partial charge in [-0.2, -0.15) is 0 Å². The predicted octanol–water partition coefficient (Wildman–Crippen LogP) is 1.41. The van der Waals surface area contributed by atoms with Crippen LogP contribution in [0.1, 0.15) is 18.6 Å². The molecule has 0 radical (unpaired) electrons. The van der Waals surface area contributed by atoms with Crippen LogP contribution in [0, 0.1) is 0 Å². The Bertz CT molecular complexity index is 322. The minimum Gasteiger partial charge on any atom is -0.428 e. The van der Waals surface area contributed by atoms with Crippen LogP contribution in [0.4, 0.5) is 6.01 Å². The van der Waals surface area contributed by atoms with Crippen LogP contribution < -0.4 is 5.73 Å². The lowest BCUT2D eigenvalue weighted by Crippen LogP contribution is -2.29. The fourth-order valence-corrected chi connectivity index (χ4v) is 1.64. The molecule has 1 aromatic heterocycles. The molecule has 0 aliphatic carbocycles. The average Bonchev–Trinajstić information content (AvgIpc) is 2.56. The average molecular weight is 193 g/mol. The summed E-state index contributed by atoms with van der Waals surface area (Å²) < 4.78 is 5.22. The van der Waals surface area contributed by atoms with Gasteiger partial charge in [0.25, 0.3) is 6.01 Å². The Morgan fingerprint density at radius 2 is 2.21 bits per heavy atom. The van der Waals surface area contributed by atoms with Gasteiger partial charge in [-0.05, 0) is 12.8 Å². The van der Waals surface area contributed by atoms with Crippen molar-refractivity contribution in [3.05, 3.63) is 24.1 Å². The molecule has 2 N–H and O–H groups in total. The van der Waals surface area contributed by atoms with E-state index >= 15 is 0 Å². The summed E-state index contributed by atoms with van der Waals surface area (Å²) in [6.07, 6.45) is 3.87. The maximum absolute atomic E-state index is 5.40. The number of oxazole rings is 1. The van der Waals surface area contributed by atoms with Crippen LogP contribution in [-0.4, -0.2) is 23.0 Å². The zero-order valence-corrected chi connectivity index (χ0v) is 8.20. The molecule has 0 bridgehead atoms. The van der Waals surface area contributed by atoms with E-state index in [9.17, 15) is 0 Å². The number of hydrogen-bond acceptors (Lipinski definition) is 4. The number of likely N-dealkylation sites (tertiary alicyclic amines) is 1. The molecule has 0 spiro atoms. The van der Waals surface area contributed by atoms with Gasteiger partial charge in [0.2, 0.25) is 0 Å². The molecule has 2 rings (SSSR count). The topological polar surface area (TPSA) is 55.3 Å². The smallest absolute Gasteiger partial charge is 0.292 e. The first-order chi connectivity index (χ1) is 6.74. The first-order valence-electron chi connectivity index (χ1n) is 4.83. The van der Waals surface area contributed by atoms with E-state index in [1.807, 2.05) is 0 Å². The molecule has 1 fully saturated rings. The number of aromatic nitrogens is 1. The van der Waals surface area contributed by atoms with E-state index in [4.69, 9.17) is 10.2 Å². The van der Waals surface area contributed by atoms with Gasteiger partial charge in [0, 0.05) is 13.1 Å². The predicted molar refractivity (Wildman–Crippen MR) is 54.6 cm³/mol.